The number of nitrogens with two attached hydrogens (primary N) is 1. The number of anilines is 1. The van der Waals surface area contributed by atoms with Crippen molar-refractivity contribution in [3.8, 4) is 16.9 Å². The lowest BCUT2D eigenvalue weighted by Gasteiger charge is -2.40. The zero-order chi connectivity index (χ0) is 24.3. The number of aromatic nitrogens is 2. The van der Waals surface area contributed by atoms with Gasteiger partial charge >= 0.3 is 0 Å². The van der Waals surface area contributed by atoms with Crippen LogP contribution in [0.5, 0.6) is 5.75 Å². The van der Waals surface area contributed by atoms with Gasteiger partial charge in [0.2, 0.25) is 11.9 Å². The largest absolute Gasteiger partial charge is 0.497 e. The molecule has 7 nitrogen and oxygen atoms in total. The van der Waals surface area contributed by atoms with Crippen LogP contribution in [-0.4, -0.2) is 47.6 Å². The molecule has 1 amide bonds. The fourth-order valence-corrected chi connectivity index (χ4v) is 5.49. The minimum Gasteiger partial charge on any atom is -0.497 e. The smallest absolute Gasteiger partial charge is 0.229 e. The number of hydrogen-bond donors (Lipinski definition) is 1. The molecule has 0 spiro atoms. The number of ether oxygens (including phenoxy) is 2. The zero-order valence-corrected chi connectivity index (χ0v) is 20.2. The first-order valence-corrected chi connectivity index (χ1v) is 12.3. The molecular weight excluding hydrogens is 440 g/mol. The molecule has 0 aliphatic carbocycles. The van der Waals surface area contributed by atoms with E-state index in [1.807, 2.05) is 47.4 Å². The number of carbonyl (C=O) groups excluding carboxylic acids is 1. The molecule has 7 heteroatoms. The van der Waals surface area contributed by atoms with Gasteiger partial charge in [0.15, 0.2) is 0 Å². The number of methoxy groups -OCH3 is 1. The van der Waals surface area contributed by atoms with Gasteiger partial charge in [0.05, 0.1) is 24.3 Å². The third-order valence-corrected chi connectivity index (χ3v) is 7.34. The van der Waals surface area contributed by atoms with E-state index >= 15 is 0 Å². The summed E-state index contributed by atoms with van der Waals surface area (Å²) in [4.78, 5) is 25.3. The SMILES string of the molecule is COc1cccc(-c2cnc(N)nc2[C@@H]2CCCN2C(=O)C2(Cc3ccccc3)CCOCC2)c1. The van der Waals surface area contributed by atoms with Crippen molar-refractivity contribution in [3.63, 3.8) is 0 Å². The van der Waals surface area contributed by atoms with Gasteiger partial charge in [-0.1, -0.05) is 42.5 Å². The van der Waals surface area contributed by atoms with Gasteiger partial charge in [-0.3, -0.25) is 4.79 Å². The Labute approximate surface area is 206 Å². The van der Waals surface area contributed by atoms with E-state index in [2.05, 4.69) is 22.1 Å². The molecule has 182 valence electrons. The van der Waals surface area contributed by atoms with Crippen molar-refractivity contribution in [3.05, 3.63) is 72.1 Å². The molecule has 35 heavy (non-hydrogen) atoms. The van der Waals surface area contributed by atoms with Gasteiger partial charge in [-0.15, -0.1) is 0 Å². The van der Waals surface area contributed by atoms with E-state index in [-0.39, 0.29) is 17.9 Å². The van der Waals surface area contributed by atoms with Crippen molar-refractivity contribution >= 4 is 11.9 Å². The maximum Gasteiger partial charge on any atom is 0.229 e. The zero-order valence-electron chi connectivity index (χ0n) is 20.2. The number of amides is 1. The molecule has 1 aromatic heterocycles. The second kappa shape index (κ2) is 10.0. The Morgan fingerprint density at radius 3 is 2.74 bits per heavy atom. The van der Waals surface area contributed by atoms with Crippen LogP contribution in [0.2, 0.25) is 0 Å². The van der Waals surface area contributed by atoms with Gasteiger partial charge in [-0.25, -0.2) is 9.97 Å². The number of benzene rings is 2. The summed E-state index contributed by atoms with van der Waals surface area (Å²) in [7, 11) is 1.65. The van der Waals surface area contributed by atoms with Crippen molar-refractivity contribution in [1.29, 1.82) is 0 Å². The molecular formula is C28H32N4O3. The van der Waals surface area contributed by atoms with Gasteiger partial charge < -0.3 is 20.1 Å². The first-order chi connectivity index (χ1) is 17.1. The molecule has 2 N–H and O–H groups in total. The Bertz CT molecular complexity index is 1180. The van der Waals surface area contributed by atoms with Gasteiger partial charge in [0, 0.05) is 31.5 Å². The molecule has 0 saturated carbocycles. The van der Waals surface area contributed by atoms with Gasteiger partial charge in [0.25, 0.3) is 0 Å². The number of hydrogen-bond acceptors (Lipinski definition) is 6. The lowest BCUT2D eigenvalue weighted by atomic mass is 9.73. The van der Waals surface area contributed by atoms with Crippen LogP contribution >= 0.6 is 0 Å². The number of rotatable bonds is 6. The third kappa shape index (κ3) is 4.73. The normalized spacial score (nSPS) is 19.5. The summed E-state index contributed by atoms with van der Waals surface area (Å²) in [5.41, 5.74) is 9.40. The average Bonchev–Trinajstić information content (AvgIpc) is 3.39. The highest BCUT2D eigenvalue weighted by Crippen LogP contribution is 2.43. The Morgan fingerprint density at radius 2 is 1.97 bits per heavy atom. The van der Waals surface area contributed by atoms with E-state index in [0.29, 0.717) is 26.2 Å². The summed E-state index contributed by atoms with van der Waals surface area (Å²) in [6, 6.07) is 18.0. The van der Waals surface area contributed by atoms with Crippen LogP contribution in [0.15, 0.2) is 60.8 Å². The number of nitrogen functional groups attached to an aromatic ring is 1. The fraction of sp³-hybridized carbons (Fsp3) is 0.393. The maximum absolute atomic E-state index is 14.3. The summed E-state index contributed by atoms with van der Waals surface area (Å²) in [6.45, 7) is 1.92. The Kier molecular flexibility index (Phi) is 6.68. The number of carbonyl (C=O) groups is 1. The van der Waals surface area contributed by atoms with Crippen molar-refractivity contribution in [2.24, 2.45) is 5.41 Å². The quantitative estimate of drug-likeness (QED) is 0.571. The predicted octanol–water partition coefficient (Wildman–Crippen LogP) is 4.44. The van der Waals surface area contributed by atoms with Gasteiger partial charge in [-0.05, 0) is 55.4 Å². The van der Waals surface area contributed by atoms with Crippen LogP contribution in [0, 0.1) is 5.41 Å². The highest BCUT2D eigenvalue weighted by Gasteiger charge is 2.46. The highest BCUT2D eigenvalue weighted by atomic mass is 16.5. The second-order valence-corrected chi connectivity index (χ2v) is 9.47. The van der Waals surface area contributed by atoms with Crippen LogP contribution in [0.4, 0.5) is 5.95 Å². The fourth-order valence-electron chi connectivity index (χ4n) is 5.49. The molecule has 2 aromatic carbocycles. The summed E-state index contributed by atoms with van der Waals surface area (Å²) in [6.07, 6.45) is 5.69. The van der Waals surface area contributed by atoms with Crippen LogP contribution < -0.4 is 10.5 Å². The van der Waals surface area contributed by atoms with Crippen LogP contribution in [-0.2, 0) is 16.0 Å². The summed E-state index contributed by atoms with van der Waals surface area (Å²) < 4.78 is 11.1. The van der Waals surface area contributed by atoms with E-state index in [1.165, 1.54) is 5.56 Å². The minimum absolute atomic E-state index is 0.149. The molecule has 0 unspecified atom stereocenters. The molecule has 0 radical (unpaired) electrons. The molecule has 2 aliphatic heterocycles. The van der Waals surface area contributed by atoms with E-state index in [9.17, 15) is 4.79 Å². The summed E-state index contributed by atoms with van der Waals surface area (Å²) in [5.74, 6) is 1.17. The van der Waals surface area contributed by atoms with E-state index < -0.39 is 5.41 Å². The topological polar surface area (TPSA) is 90.6 Å². The van der Waals surface area contributed by atoms with Crippen molar-refractivity contribution < 1.29 is 14.3 Å². The summed E-state index contributed by atoms with van der Waals surface area (Å²) >= 11 is 0. The molecule has 2 fully saturated rings. The molecule has 2 saturated heterocycles. The van der Waals surface area contributed by atoms with Crippen LogP contribution in [0.3, 0.4) is 0 Å². The van der Waals surface area contributed by atoms with Crippen LogP contribution in [0.1, 0.15) is 43.0 Å². The predicted molar refractivity (Wildman–Crippen MR) is 135 cm³/mol. The third-order valence-electron chi connectivity index (χ3n) is 7.34. The molecule has 1 atom stereocenters. The van der Waals surface area contributed by atoms with Gasteiger partial charge in [0.1, 0.15) is 5.75 Å². The first kappa shape index (κ1) is 23.3. The maximum atomic E-state index is 14.3. The van der Waals surface area contributed by atoms with E-state index in [1.54, 1.807) is 13.3 Å². The Hall–Kier alpha value is -3.45. The van der Waals surface area contributed by atoms with Crippen molar-refractivity contribution in [2.45, 2.75) is 38.1 Å². The monoisotopic (exact) mass is 472 g/mol. The average molecular weight is 473 g/mol. The lowest BCUT2D eigenvalue weighted by molar-refractivity contribution is -0.149. The molecule has 3 aromatic rings. The number of likely N-dealkylation sites (tertiary alicyclic amines) is 1. The van der Waals surface area contributed by atoms with E-state index in [4.69, 9.17) is 15.2 Å². The standard InChI is InChI=1S/C28H32N4O3/c1-34-22-10-5-9-21(17-22)23-19-30-27(29)31-25(23)24-11-6-14-32(24)26(33)28(12-15-35-16-13-28)18-20-7-3-2-4-8-20/h2-5,7-10,17,19,24H,6,11-16,18H2,1H3,(H2,29,30,31)/t24-/m0/s1. The minimum atomic E-state index is -0.475. The van der Waals surface area contributed by atoms with Crippen LogP contribution in [0.25, 0.3) is 11.1 Å². The first-order valence-electron chi connectivity index (χ1n) is 12.3. The number of nitrogens with zero attached hydrogens (tertiary/aromatic N) is 3. The molecule has 3 heterocycles. The van der Waals surface area contributed by atoms with E-state index in [0.717, 1.165) is 48.3 Å². The molecule has 2 aliphatic rings. The molecule has 5 rings (SSSR count). The Morgan fingerprint density at radius 1 is 1.17 bits per heavy atom. The van der Waals surface area contributed by atoms with Gasteiger partial charge in [-0.2, -0.15) is 0 Å². The summed E-state index contributed by atoms with van der Waals surface area (Å²) in [5, 5.41) is 0. The second-order valence-electron chi connectivity index (χ2n) is 9.47. The highest BCUT2D eigenvalue weighted by molar-refractivity contribution is 5.84. The lowest BCUT2D eigenvalue weighted by Crippen LogP contribution is -2.48. The van der Waals surface area contributed by atoms with Crippen molar-refractivity contribution in [2.75, 3.05) is 32.6 Å². The van der Waals surface area contributed by atoms with Crippen molar-refractivity contribution in [1.82, 2.24) is 14.9 Å². The Balaban J connectivity index is 1.51. The molecule has 0 bridgehead atoms.